The molecule has 0 bridgehead atoms. The molecule has 1 aromatic heterocycles. The van der Waals surface area contributed by atoms with Gasteiger partial charge in [0.05, 0.1) is 10.5 Å². The number of hydrogen-bond donors (Lipinski definition) is 1. The van der Waals surface area contributed by atoms with E-state index in [0.29, 0.717) is 5.02 Å². The van der Waals surface area contributed by atoms with Crippen LogP contribution in [0.5, 0.6) is 0 Å². The van der Waals surface area contributed by atoms with Crippen molar-refractivity contribution in [3.05, 3.63) is 23.4 Å². The van der Waals surface area contributed by atoms with Crippen LogP contribution >= 0.6 is 24.2 Å². The fourth-order valence-corrected chi connectivity index (χ4v) is 1.57. The predicted molar refractivity (Wildman–Crippen MR) is 54.1 cm³/mol. The molecule has 2 rings (SSSR count). The first-order valence-corrected chi connectivity index (χ1v) is 4.32. The summed E-state index contributed by atoms with van der Waals surface area (Å²) in [6.07, 6.45) is 1.89. The van der Waals surface area contributed by atoms with Crippen molar-refractivity contribution in [2.45, 2.75) is 4.90 Å². The topological polar surface area (TPSA) is 17.8 Å². The third-order valence-electron chi connectivity index (χ3n) is 1.72. The van der Waals surface area contributed by atoms with E-state index >= 15 is 0 Å². The van der Waals surface area contributed by atoms with Crippen molar-refractivity contribution in [1.29, 1.82) is 0 Å². The van der Waals surface area contributed by atoms with Crippen LogP contribution < -0.4 is 29.6 Å². The van der Waals surface area contributed by atoms with Crippen LogP contribution in [0.4, 0.5) is 0 Å². The Labute approximate surface area is 110 Å². The Morgan fingerprint density at radius 2 is 2.23 bits per heavy atom. The molecule has 1 heterocycles. The molecule has 0 N–H and O–H groups in total. The molecule has 0 radical (unpaired) electrons. The number of nitrogens with zero attached hydrogens (tertiary/aromatic N) is 2. The number of fused-ring (bicyclic) bond motifs is 1. The number of rotatable bonds is 0. The van der Waals surface area contributed by atoms with Gasteiger partial charge in [0.1, 0.15) is 0 Å². The molecule has 0 atom stereocenters. The second-order valence-electron chi connectivity index (χ2n) is 2.63. The molecule has 1 aromatic carbocycles. The smallest absolute Gasteiger partial charge is 1.00 e. The second-order valence-corrected chi connectivity index (χ2v) is 3.49. The number of thiol groups is 1. The van der Waals surface area contributed by atoms with Crippen molar-refractivity contribution in [2.24, 2.45) is 7.05 Å². The Hall–Kier alpha value is 0.330. The van der Waals surface area contributed by atoms with Gasteiger partial charge in [-0.1, -0.05) is 11.6 Å². The fraction of sp³-hybridized carbons (Fsp3) is 0.125. The maximum Gasteiger partial charge on any atom is 1.00 e. The van der Waals surface area contributed by atoms with Crippen molar-refractivity contribution in [3.63, 3.8) is 0 Å². The summed E-state index contributed by atoms with van der Waals surface area (Å²) < 4.78 is 1.74. The standard InChI is InChI=1S/C8H7ClN2S.Na.H/c1-11-4-5-6(10-11)2-3-7(12)8(5)9;;/h2-4,12H,1H3;;/q;+1;-1. The molecule has 13 heavy (non-hydrogen) atoms. The minimum atomic E-state index is 0. The maximum atomic E-state index is 6.01. The molecule has 2 aromatic rings. The first-order valence-electron chi connectivity index (χ1n) is 3.49. The van der Waals surface area contributed by atoms with Crippen LogP contribution in [0.3, 0.4) is 0 Å². The van der Waals surface area contributed by atoms with E-state index in [0.717, 1.165) is 15.8 Å². The van der Waals surface area contributed by atoms with Gasteiger partial charge in [-0.3, -0.25) is 4.68 Å². The summed E-state index contributed by atoms with van der Waals surface area (Å²) in [7, 11) is 1.87. The van der Waals surface area contributed by atoms with Gasteiger partial charge in [0.15, 0.2) is 0 Å². The van der Waals surface area contributed by atoms with Crippen molar-refractivity contribution in [2.75, 3.05) is 0 Å². The van der Waals surface area contributed by atoms with Crippen LogP contribution in [0.1, 0.15) is 1.43 Å². The number of benzene rings is 1. The van der Waals surface area contributed by atoms with Gasteiger partial charge in [-0.05, 0) is 12.1 Å². The molecule has 0 aliphatic carbocycles. The zero-order valence-electron chi connectivity index (χ0n) is 8.45. The van der Waals surface area contributed by atoms with Gasteiger partial charge in [-0.15, -0.1) is 12.6 Å². The minimum absolute atomic E-state index is 0. The summed E-state index contributed by atoms with van der Waals surface area (Å²) in [4.78, 5) is 0.789. The van der Waals surface area contributed by atoms with Crippen molar-refractivity contribution >= 4 is 35.1 Å². The number of aryl methyl sites for hydroxylation is 1. The molecular formula is C8H8ClN2NaS. The van der Waals surface area contributed by atoms with Gasteiger partial charge in [-0.25, -0.2) is 0 Å². The minimum Gasteiger partial charge on any atom is -1.00 e. The van der Waals surface area contributed by atoms with Gasteiger partial charge in [0.25, 0.3) is 0 Å². The Balaban J connectivity index is 0.000000845. The summed E-state index contributed by atoms with van der Waals surface area (Å²) in [5.41, 5.74) is 0.903. The molecule has 0 saturated carbocycles. The molecule has 0 unspecified atom stereocenters. The normalized spacial score (nSPS) is 10.1. The van der Waals surface area contributed by atoms with Crippen LogP contribution in [0, 0.1) is 0 Å². The van der Waals surface area contributed by atoms with E-state index in [-0.39, 0.29) is 31.0 Å². The van der Waals surface area contributed by atoms with E-state index in [4.69, 9.17) is 11.6 Å². The Bertz CT molecular complexity index is 446. The zero-order chi connectivity index (χ0) is 8.72. The van der Waals surface area contributed by atoms with E-state index in [1.807, 2.05) is 25.4 Å². The van der Waals surface area contributed by atoms with Crippen LogP contribution in [-0.2, 0) is 7.05 Å². The molecule has 0 fully saturated rings. The van der Waals surface area contributed by atoms with Gasteiger partial charge < -0.3 is 1.43 Å². The summed E-state index contributed by atoms with van der Waals surface area (Å²) in [5.74, 6) is 0. The number of hydrogen-bond acceptors (Lipinski definition) is 2. The average Bonchev–Trinajstić information content (AvgIpc) is 2.39. The number of halogens is 1. The van der Waals surface area contributed by atoms with E-state index in [1.165, 1.54) is 0 Å². The molecule has 0 spiro atoms. The molecule has 0 aliphatic heterocycles. The van der Waals surface area contributed by atoms with E-state index < -0.39 is 0 Å². The summed E-state index contributed by atoms with van der Waals surface area (Å²) >= 11 is 10.2. The molecule has 2 nitrogen and oxygen atoms in total. The predicted octanol–water partition coefficient (Wildman–Crippen LogP) is -0.368. The van der Waals surface area contributed by atoms with Crippen molar-refractivity contribution in [3.8, 4) is 0 Å². The Morgan fingerprint density at radius 1 is 1.54 bits per heavy atom. The fourth-order valence-electron chi connectivity index (χ4n) is 1.17. The van der Waals surface area contributed by atoms with Crippen LogP contribution in [0.15, 0.2) is 23.2 Å². The Kier molecular flexibility index (Phi) is 3.72. The molecule has 64 valence electrons. The third-order valence-corrected chi connectivity index (χ3v) is 2.63. The molecule has 0 saturated heterocycles. The molecule has 5 heteroatoms. The van der Waals surface area contributed by atoms with E-state index in [9.17, 15) is 0 Å². The first-order chi connectivity index (χ1) is 5.68. The monoisotopic (exact) mass is 222 g/mol. The number of aromatic nitrogens is 2. The third kappa shape index (κ3) is 2.05. The zero-order valence-corrected chi connectivity index (χ0v) is 11.1. The largest absolute Gasteiger partial charge is 1.00 e. The van der Waals surface area contributed by atoms with Crippen molar-refractivity contribution in [1.82, 2.24) is 9.78 Å². The van der Waals surface area contributed by atoms with Gasteiger partial charge >= 0.3 is 29.6 Å². The van der Waals surface area contributed by atoms with Crippen LogP contribution in [0.25, 0.3) is 10.9 Å². The van der Waals surface area contributed by atoms with Crippen LogP contribution in [0.2, 0.25) is 5.02 Å². The first kappa shape index (κ1) is 11.4. The summed E-state index contributed by atoms with van der Waals surface area (Å²) in [6, 6.07) is 3.75. The second kappa shape index (κ2) is 4.24. The van der Waals surface area contributed by atoms with Crippen LogP contribution in [-0.4, -0.2) is 9.78 Å². The summed E-state index contributed by atoms with van der Waals surface area (Å²) in [6.45, 7) is 0. The molecular weight excluding hydrogens is 215 g/mol. The molecule has 0 amide bonds. The maximum absolute atomic E-state index is 6.01. The SMILES string of the molecule is Cn1cc2c(Cl)c(S)ccc2n1.[H-].[Na+]. The van der Waals surface area contributed by atoms with Crippen molar-refractivity contribution < 1.29 is 31.0 Å². The Morgan fingerprint density at radius 3 is 2.92 bits per heavy atom. The van der Waals surface area contributed by atoms with E-state index in [2.05, 4.69) is 17.7 Å². The molecule has 0 aliphatic rings. The average molecular weight is 223 g/mol. The van der Waals surface area contributed by atoms with Gasteiger partial charge in [0, 0.05) is 23.5 Å². The van der Waals surface area contributed by atoms with Gasteiger partial charge in [-0.2, -0.15) is 5.10 Å². The van der Waals surface area contributed by atoms with Gasteiger partial charge in [0.2, 0.25) is 0 Å². The quantitative estimate of drug-likeness (QED) is 0.476. The summed E-state index contributed by atoms with van der Waals surface area (Å²) in [5, 5.41) is 5.83. The van der Waals surface area contributed by atoms with E-state index in [1.54, 1.807) is 4.68 Å².